The largest absolute Gasteiger partial charge is 0.496 e. The molecule has 1 saturated carbocycles. The van der Waals surface area contributed by atoms with Gasteiger partial charge in [-0.2, -0.15) is 0 Å². The van der Waals surface area contributed by atoms with Gasteiger partial charge in [0.15, 0.2) is 0 Å². The Hall–Kier alpha value is -6.12. The molecule has 5 atom stereocenters. The van der Waals surface area contributed by atoms with Crippen LogP contribution >= 0.6 is 0 Å². The fourth-order valence-corrected chi connectivity index (χ4v) is 10.0. The number of fused-ring (bicyclic) bond motifs is 2. The number of likely N-dealkylation sites (tertiary alicyclic amines) is 1. The van der Waals surface area contributed by atoms with Crippen LogP contribution in [0.2, 0.25) is 0 Å². The highest BCUT2D eigenvalue weighted by atomic mass is 16.5. The zero-order valence-electron chi connectivity index (χ0n) is 40.6. The number of nitrogens with zero attached hydrogens (tertiary/aromatic N) is 4. The molecule has 1 saturated heterocycles. The number of ether oxygens (including phenoxy) is 4. The number of Topliss-reactive ketones (excluding diaryl/α,β-unsaturated/α-hetero) is 1. The van der Waals surface area contributed by atoms with Gasteiger partial charge in [0.05, 0.1) is 57.7 Å². The number of hydrogen-bond acceptors (Lipinski definition) is 10. The van der Waals surface area contributed by atoms with Crippen LogP contribution in [0.15, 0.2) is 54.6 Å². The van der Waals surface area contributed by atoms with Gasteiger partial charge in [-0.25, -0.2) is 0 Å². The maximum atomic E-state index is 15.1. The van der Waals surface area contributed by atoms with Crippen LogP contribution in [0.5, 0.6) is 23.0 Å². The third-order valence-corrected chi connectivity index (χ3v) is 13.6. The molecule has 1 N–H and O–H groups in total. The number of ketones is 1. The Balaban J connectivity index is 1.23. The number of methoxy groups -OCH3 is 3. The molecule has 1 aliphatic heterocycles. The molecule has 4 aliphatic rings. The summed E-state index contributed by atoms with van der Waals surface area (Å²) in [5, 5.41) is 2.89. The van der Waals surface area contributed by atoms with E-state index in [4.69, 9.17) is 18.9 Å². The fraction of sp³-hybridized carbons (Fsp3) is 0.538. The number of carbonyl (C=O) groups is 6. The van der Waals surface area contributed by atoms with Crippen molar-refractivity contribution in [2.24, 2.45) is 11.8 Å². The lowest BCUT2D eigenvalue weighted by atomic mass is 9.55. The summed E-state index contributed by atoms with van der Waals surface area (Å²) in [7, 11) is 9.53. The van der Waals surface area contributed by atoms with Gasteiger partial charge in [-0.15, -0.1) is 0 Å². The van der Waals surface area contributed by atoms with Crippen LogP contribution in [0.25, 0.3) is 0 Å². The third kappa shape index (κ3) is 11.4. The topological polar surface area (TPSA) is 164 Å². The van der Waals surface area contributed by atoms with Crippen molar-refractivity contribution in [3.63, 3.8) is 0 Å². The molecule has 1 heterocycles. The lowest BCUT2D eigenvalue weighted by molar-refractivity contribution is -0.154. The maximum Gasteiger partial charge on any atom is 0.254 e. The molecule has 15 nitrogen and oxygen atoms in total. The Morgan fingerprint density at radius 3 is 2.00 bits per heavy atom. The van der Waals surface area contributed by atoms with Crippen LogP contribution in [-0.2, 0) is 37.1 Å². The van der Waals surface area contributed by atoms with Gasteiger partial charge in [0.2, 0.25) is 23.6 Å². The van der Waals surface area contributed by atoms with E-state index >= 15 is 4.79 Å². The van der Waals surface area contributed by atoms with Crippen molar-refractivity contribution in [1.29, 1.82) is 0 Å². The highest BCUT2D eigenvalue weighted by Crippen LogP contribution is 2.56. The van der Waals surface area contributed by atoms with Gasteiger partial charge in [0, 0.05) is 70.8 Å². The minimum absolute atomic E-state index is 0.0633. The molecule has 15 heteroatoms. The Labute approximate surface area is 395 Å². The van der Waals surface area contributed by atoms with Gasteiger partial charge in [-0.3, -0.25) is 28.8 Å². The first-order valence-electron chi connectivity index (χ1n) is 23.8. The molecule has 3 aromatic carbocycles. The number of hydrogen-bond donors (Lipinski definition) is 1. The number of rotatable bonds is 22. The number of likely N-dealkylation sites (N-methyl/N-ethyl adjacent to an activating group) is 2. The molecule has 362 valence electrons. The molecule has 2 fully saturated rings. The quantitative estimate of drug-likeness (QED) is 0.112. The highest BCUT2D eigenvalue weighted by Gasteiger charge is 2.57. The van der Waals surface area contributed by atoms with Crippen molar-refractivity contribution in [2.75, 3.05) is 68.7 Å². The van der Waals surface area contributed by atoms with E-state index in [9.17, 15) is 24.0 Å². The van der Waals surface area contributed by atoms with E-state index in [-0.39, 0.29) is 55.5 Å². The summed E-state index contributed by atoms with van der Waals surface area (Å²) in [4.78, 5) is 90.3. The van der Waals surface area contributed by atoms with E-state index in [0.29, 0.717) is 65.7 Å². The molecule has 3 aromatic rings. The van der Waals surface area contributed by atoms with E-state index in [1.54, 1.807) is 50.3 Å². The molecule has 7 rings (SSSR count). The van der Waals surface area contributed by atoms with Gasteiger partial charge >= 0.3 is 0 Å². The number of amides is 5. The molecule has 3 aliphatic carbocycles. The molecular weight excluding hydrogens is 855 g/mol. The van der Waals surface area contributed by atoms with Crippen molar-refractivity contribution >= 4 is 35.3 Å². The lowest BCUT2D eigenvalue weighted by Crippen LogP contribution is -2.56. The number of benzene rings is 3. The summed E-state index contributed by atoms with van der Waals surface area (Å²) < 4.78 is 22.8. The number of carbonyl (C=O) groups excluding carboxylic acids is 6. The number of unbranched alkanes of at least 4 members (excludes halogenated alkanes) is 4. The molecule has 0 aromatic heterocycles. The summed E-state index contributed by atoms with van der Waals surface area (Å²) in [6, 6.07) is 15.7. The van der Waals surface area contributed by atoms with Crippen LogP contribution in [0.1, 0.15) is 116 Å². The minimum atomic E-state index is -0.962. The lowest BCUT2D eigenvalue weighted by Gasteiger charge is -2.49. The first-order valence-corrected chi connectivity index (χ1v) is 23.8. The monoisotopic (exact) mass is 924 g/mol. The molecule has 5 unspecified atom stereocenters. The predicted octanol–water partition coefficient (Wildman–Crippen LogP) is 6.35. The first kappa shape index (κ1) is 50.3. The summed E-state index contributed by atoms with van der Waals surface area (Å²) >= 11 is 0. The fourth-order valence-electron chi connectivity index (χ4n) is 10.0. The van der Waals surface area contributed by atoms with Crippen molar-refractivity contribution < 1.29 is 47.7 Å². The molecular formula is C52H69N5O10. The van der Waals surface area contributed by atoms with E-state index < -0.39 is 35.6 Å². The van der Waals surface area contributed by atoms with Crippen LogP contribution in [0.3, 0.4) is 0 Å². The van der Waals surface area contributed by atoms with Gasteiger partial charge in [-0.1, -0.05) is 57.7 Å². The second-order valence-electron chi connectivity index (χ2n) is 18.2. The van der Waals surface area contributed by atoms with E-state index in [2.05, 4.69) is 19.2 Å². The maximum absolute atomic E-state index is 15.1. The van der Waals surface area contributed by atoms with Gasteiger partial charge < -0.3 is 43.9 Å². The molecule has 2 bridgehead atoms. The summed E-state index contributed by atoms with van der Waals surface area (Å²) in [5.41, 5.74) is 3.43. The van der Waals surface area contributed by atoms with Gasteiger partial charge in [0.25, 0.3) is 5.91 Å². The molecule has 67 heavy (non-hydrogen) atoms. The summed E-state index contributed by atoms with van der Waals surface area (Å²) in [6.07, 6.45) is 6.98. The Morgan fingerprint density at radius 2 is 1.40 bits per heavy atom. The Morgan fingerprint density at radius 1 is 0.746 bits per heavy atom. The third-order valence-electron chi connectivity index (χ3n) is 13.6. The van der Waals surface area contributed by atoms with Gasteiger partial charge in [0.1, 0.15) is 41.4 Å². The smallest absolute Gasteiger partial charge is 0.254 e. The van der Waals surface area contributed by atoms with Crippen LogP contribution in [-0.4, -0.2) is 130 Å². The van der Waals surface area contributed by atoms with E-state index in [1.807, 2.05) is 35.2 Å². The Bertz CT molecular complexity index is 2230. The van der Waals surface area contributed by atoms with E-state index in [0.717, 1.165) is 56.1 Å². The second kappa shape index (κ2) is 23.1. The van der Waals surface area contributed by atoms with Crippen molar-refractivity contribution in [2.45, 2.75) is 103 Å². The van der Waals surface area contributed by atoms with Crippen molar-refractivity contribution in [1.82, 2.24) is 24.9 Å². The predicted molar refractivity (Wildman–Crippen MR) is 253 cm³/mol. The molecule has 0 spiro atoms. The van der Waals surface area contributed by atoms with Crippen molar-refractivity contribution in [3.8, 4) is 23.0 Å². The second-order valence-corrected chi connectivity index (χ2v) is 18.2. The normalized spacial score (nSPS) is 19.3. The van der Waals surface area contributed by atoms with E-state index in [1.165, 1.54) is 31.1 Å². The minimum Gasteiger partial charge on any atom is -0.496 e. The SMILES string of the molecule is CCCCCN(CCCCC)C(=O)C1C2C(=O)CC(c3ccc(OCc4ccc(C(=O)N5CCCC5C(=O)N(C)C)cc4)cc32)C1C(=O)N(C)CC(=O)NCc1c(OC)cc(OC)cc1OC. The molecule has 0 radical (unpaired) electrons. The van der Waals surface area contributed by atoms with Gasteiger partial charge in [-0.05, 0) is 66.6 Å². The first-order chi connectivity index (χ1) is 32.3. The molecule has 5 amide bonds. The van der Waals surface area contributed by atoms with Crippen LogP contribution in [0.4, 0.5) is 0 Å². The zero-order valence-corrected chi connectivity index (χ0v) is 40.6. The highest BCUT2D eigenvalue weighted by molar-refractivity contribution is 6.02. The summed E-state index contributed by atoms with van der Waals surface area (Å²) in [5.74, 6) is -2.65. The Kier molecular flexibility index (Phi) is 17.3. The number of nitrogens with one attached hydrogen (secondary N) is 1. The average molecular weight is 924 g/mol. The van der Waals surface area contributed by atoms with Crippen molar-refractivity contribution in [3.05, 3.63) is 82.4 Å². The average Bonchev–Trinajstić information content (AvgIpc) is 3.83. The zero-order chi connectivity index (χ0) is 48.4. The summed E-state index contributed by atoms with van der Waals surface area (Å²) in [6.45, 7) is 5.78. The van der Waals surface area contributed by atoms with Crippen LogP contribution in [0, 0.1) is 11.8 Å². The standard InChI is InChI=1S/C52H69N5O10/c1-9-11-13-23-56(24-14-12-10-2)52(63)48-46-38-26-35(67-32-33-17-19-34(20-18-33)49(60)57-25-15-16-41(57)50(61)54(3)4)21-22-37(38)39(29-42(46)58)47(48)51(62)55(5)31-45(59)53-30-40-43(65-7)27-36(64-6)28-44(40)66-8/h17-22,26-28,39,41,46-48H,9-16,23-25,29-32H2,1-8H3,(H,53,59). The van der Waals surface area contributed by atoms with Crippen LogP contribution < -0.4 is 24.3 Å².